The Labute approximate surface area is 109 Å². The summed E-state index contributed by atoms with van der Waals surface area (Å²) in [7, 11) is 2.01. The van der Waals surface area contributed by atoms with Crippen molar-refractivity contribution in [2.24, 2.45) is 0 Å². The van der Waals surface area contributed by atoms with Crippen LogP contribution in [0.4, 0.5) is 11.6 Å². The van der Waals surface area contributed by atoms with Crippen molar-refractivity contribution in [2.45, 2.75) is 38.8 Å². The fraction of sp³-hybridized carbons (Fsp3) is 0.692. The number of aromatic nitrogens is 2. The van der Waals surface area contributed by atoms with Gasteiger partial charge in [-0.2, -0.15) is 0 Å². The lowest BCUT2D eigenvalue weighted by Gasteiger charge is -2.23. The highest BCUT2D eigenvalue weighted by atomic mass is 15.2. The highest BCUT2D eigenvalue weighted by Crippen LogP contribution is 2.21. The van der Waals surface area contributed by atoms with Crippen molar-refractivity contribution < 1.29 is 0 Å². The van der Waals surface area contributed by atoms with E-state index in [1.165, 1.54) is 6.42 Å². The van der Waals surface area contributed by atoms with Crippen LogP contribution in [0.5, 0.6) is 0 Å². The largest absolute Gasteiger partial charge is 0.365 e. The minimum absolute atomic E-state index is 0.0180. The summed E-state index contributed by atoms with van der Waals surface area (Å²) in [5.41, 5.74) is 0.0180. The fourth-order valence-electron chi connectivity index (χ4n) is 2.18. The summed E-state index contributed by atoms with van der Waals surface area (Å²) in [5, 5.41) is 6.69. The van der Waals surface area contributed by atoms with E-state index in [4.69, 9.17) is 0 Å². The molecule has 18 heavy (non-hydrogen) atoms. The van der Waals surface area contributed by atoms with Crippen molar-refractivity contribution >= 4 is 11.6 Å². The van der Waals surface area contributed by atoms with Gasteiger partial charge in [0.1, 0.15) is 18.0 Å². The molecule has 5 heteroatoms. The molecule has 0 spiro atoms. The zero-order chi connectivity index (χ0) is 13.2. The topological polar surface area (TPSA) is 53.1 Å². The third-order valence-electron chi connectivity index (χ3n) is 3.08. The predicted octanol–water partition coefficient (Wildman–Crippen LogP) is 1.49. The van der Waals surface area contributed by atoms with Gasteiger partial charge in [0.2, 0.25) is 0 Å². The maximum atomic E-state index is 4.37. The molecule has 0 aromatic carbocycles. The van der Waals surface area contributed by atoms with Crippen LogP contribution < -0.4 is 15.5 Å². The van der Waals surface area contributed by atoms with E-state index in [1.807, 2.05) is 13.1 Å². The van der Waals surface area contributed by atoms with E-state index in [0.717, 1.165) is 24.7 Å². The van der Waals surface area contributed by atoms with Gasteiger partial charge in [-0.1, -0.05) is 0 Å². The number of nitrogens with zero attached hydrogens (tertiary/aromatic N) is 3. The van der Waals surface area contributed by atoms with E-state index in [1.54, 1.807) is 6.33 Å². The van der Waals surface area contributed by atoms with Crippen molar-refractivity contribution in [1.82, 2.24) is 15.3 Å². The van der Waals surface area contributed by atoms with Crippen LogP contribution in [0.1, 0.15) is 27.2 Å². The molecule has 1 aliphatic rings. The molecule has 0 amide bonds. The van der Waals surface area contributed by atoms with Crippen LogP contribution in [0.15, 0.2) is 12.4 Å². The van der Waals surface area contributed by atoms with Gasteiger partial charge in [-0.3, -0.25) is 0 Å². The predicted molar refractivity (Wildman–Crippen MR) is 75.1 cm³/mol. The average molecular weight is 249 g/mol. The SMILES string of the molecule is CNC1CCN(c2cc(NC(C)(C)C)ncn2)C1. The van der Waals surface area contributed by atoms with E-state index in [2.05, 4.69) is 46.3 Å². The molecule has 1 atom stereocenters. The molecule has 0 aliphatic carbocycles. The van der Waals surface area contributed by atoms with E-state index in [-0.39, 0.29) is 5.54 Å². The Hall–Kier alpha value is -1.36. The average Bonchev–Trinajstić information content (AvgIpc) is 2.75. The highest BCUT2D eigenvalue weighted by Gasteiger charge is 2.22. The number of rotatable bonds is 3. The molecule has 1 aromatic heterocycles. The molecule has 0 bridgehead atoms. The first kappa shape index (κ1) is 13.1. The van der Waals surface area contributed by atoms with Crippen LogP contribution in [0.25, 0.3) is 0 Å². The van der Waals surface area contributed by atoms with Gasteiger partial charge < -0.3 is 15.5 Å². The summed E-state index contributed by atoms with van der Waals surface area (Å²) in [5.74, 6) is 1.90. The van der Waals surface area contributed by atoms with Gasteiger partial charge in [0.25, 0.3) is 0 Å². The number of hydrogen-bond acceptors (Lipinski definition) is 5. The molecular weight excluding hydrogens is 226 g/mol. The van der Waals surface area contributed by atoms with Crippen LogP contribution >= 0.6 is 0 Å². The molecule has 1 aromatic rings. The van der Waals surface area contributed by atoms with Gasteiger partial charge in [-0.25, -0.2) is 9.97 Å². The summed E-state index contributed by atoms with van der Waals surface area (Å²) >= 11 is 0. The van der Waals surface area contributed by atoms with E-state index < -0.39 is 0 Å². The first-order chi connectivity index (χ1) is 8.48. The molecule has 1 unspecified atom stereocenters. The number of nitrogens with one attached hydrogen (secondary N) is 2. The van der Waals surface area contributed by atoms with E-state index in [0.29, 0.717) is 6.04 Å². The molecule has 2 rings (SSSR count). The van der Waals surface area contributed by atoms with Crippen LogP contribution in [0.2, 0.25) is 0 Å². The Kier molecular flexibility index (Phi) is 3.71. The summed E-state index contributed by atoms with van der Waals surface area (Å²) in [4.78, 5) is 10.9. The summed E-state index contributed by atoms with van der Waals surface area (Å²) < 4.78 is 0. The van der Waals surface area contributed by atoms with Crippen molar-refractivity contribution in [1.29, 1.82) is 0 Å². The lowest BCUT2D eigenvalue weighted by Crippen LogP contribution is -2.30. The normalized spacial score (nSPS) is 20.2. The quantitative estimate of drug-likeness (QED) is 0.850. The van der Waals surface area contributed by atoms with Crippen molar-refractivity contribution in [3.63, 3.8) is 0 Å². The van der Waals surface area contributed by atoms with Crippen LogP contribution in [0.3, 0.4) is 0 Å². The molecule has 5 nitrogen and oxygen atoms in total. The van der Waals surface area contributed by atoms with Gasteiger partial charge >= 0.3 is 0 Å². The Morgan fingerprint density at radius 1 is 1.33 bits per heavy atom. The zero-order valence-electron chi connectivity index (χ0n) is 11.7. The molecule has 1 saturated heterocycles. The minimum atomic E-state index is 0.0180. The Morgan fingerprint density at radius 2 is 2.11 bits per heavy atom. The number of anilines is 2. The Balaban J connectivity index is 2.08. The molecule has 1 fully saturated rings. The van der Waals surface area contributed by atoms with E-state index >= 15 is 0 Å². The first-order valence-electron chi connectivity index (χ1n) is 6.50. The molecule has 2 N–H and O–H groups in total. The molecule has 2 heterocycles. The summed E-state index contributed by atoms with van der Waals surface area (Å²) in [6.45, 7) is 8.45. The molecule has 1 aliphatic heterocycles. The first-order valence-corrected chi connectivity index (χ1v) is 6.50. The van der Waals surface area contributed by atoms with Crippen LogP contribution in [-0.4, -0.2) is 41.7 Å². The third kappa shape index (κ3) is 3.32. The smallest absolute Gasteiger partial charge is 0.134 e. The van der Waals surface area contributed by atoms with E-state index in [9.17, 15) is 0 Å². The molecule has 0 radical (unpaired) electrons. The summed E-state index contributed by atoms with van der Waals surface area (Å²) in [6.07, 6.45) is 2.80. The van der Waals surface area contributed by atoms with Crippen LogP contribution in [0, 0.1) is 0 Å². The van der Waals surface area contributed by atoms with Crippen molar-refractivity contribution in [2.75, 3.05) is 30.4 Å². The lowest BCUT2D eigenvalue weighted by molar-refractivity contribution is 0.616. The molecule has 0 saturated carbocycles. The second kappa shape index (κ2) is 5.10. The van der Waals surface area contributed by atoms with Gasteiger partial charge in [-0.15, -0.1) is 0 Å². The maximum absolute atomic E-state index is 4.37. The fourth-order valence-corrected chi connectivity index (χ4v) is 2.18. The lowest BCUT2D eigenvalue weighted by atomic mass is 10.1. The van der Waals surface area contributed by atoms with Crippen LogP contribution in [-0.2, 0) is 0 Å². The third-order valence-corrected chi connectivity index (χ3v) is 3.08. The Bertz CT molecular complexity index is 399. The Morgan fingerprint density at radius 3 is 2.72 bits per heavy atom. The van der Waals surface area contributed by atoms with Gasteiger partial charge in [-0.05, 0) is 34.2 Å². The van der Waals surface area contributed by atoms with Crippen molar-refractivity contribution in [3.8, 4) is 0 Å². The minimum Gasteiger partial charge on any atom is -0.365 e. The number of likely N-dealkylation sites (N-methyl/N-ethyl adjacent to an activating group) is 1. The van der Waals surface area contributed by atoms with Gasteiger partial charge in [0, 0.05) is 30.7 Å². The number of hydrogen-bond donors (Lipinski definition) is 2. The molecular formula is C13H23N5. The second-order valence-electron chi connectivity index (χ2n) is 5.86. The second-order valence-corrected chi connectivity index (χ2v) is 5.86. The van der Waals surface area contributed by atoms with Crippen molar-refractivity contribution in [3.05, 3.63) is 12.4 Å². The maximum Gasteiger partial charge on any atom is 0.134 e. The standard InChI is InChI=1S/C13H23N5/c1-13(2,3)17-11-7-12(16-9-15-11)18-6-5-10(8-18)14-4/h7,9-10,14H,5-6,8H2,1-4H3,(H,15,16,17). The highest BCUT2D eigenvalue weighted by molar-refractivity contribution is 5.50. The van der Waals surface area contributed by atoms with Gasteiger partial charge in [0.05, 0.1) is 0 Å². The zero-order valence-corrected chi connectivity index (χ0v) is 11.7. The molecule has 100 valence electrons. The summed E-state index contributed by atoms with van der Waals surface area (Å²) in [6, 6.07) is 2.60. The van der Waals surface area contributed by atoms with Gasteiger partial charge in [0.15, 0.2) is 0 Å². The monoisotopic (exact) mass is 249 g/mol.